The molecule has 0 radical (unpaired) electrons. The first-order chi connectivity index (χ1) is 36.6. The average molecular weight is 1080 g/mol. The fourth-order valence-electron chi connectivity index (χ4n) is 10.4. The van der Waals surface area contributed by atoms with Crippen molar-refractivity contribution in [3.05, 3.63) is 100 Å². The van der Waals surface area contributed by atoms with Crippen LogP contribution in [0.3, 0.4) is 0 Å². The van der Waals surface area contributed by atoms with E-state index in [0.29, 0.717) is 89.8 Å². The summed E-state index contributed by atoms with van der Waals surface area (Å²) < 4.78 is 31.4. The third-order valence-electron chi connectivity index (χ3n) is 14.7. The van der Waals surface area contributed by atoms with Crippen molar-refractivity contribution in [2.45, 2.75) is 116 Å². The van der Waals surface area contributed by atoms with Crippen molar-refractivity contribution >= 4 is 75.2 Å². The number of anilines is 4. The smallest absolute Gasteiger partial charge is 0.251 e. The number of imide groups is 1. The van der Waals surface area contributed by atoms with Crippen LogP contribution in [0.5, 0.6) is 0 Å². The molecule has 4 N–H and O–H groups in total. The number of aromatic nitrogens is 3. The number of piperidine rings is 4. The summed E-state index contributed by atoms with van der Waals surface area (Å²) in [4.78, 5) is 80.2. The van der Waals surface area contributed by atoms with Crippen molar-refractivity contribution in [2.24, 2.45) is 5.92 Å². The minimum Gasteiger partial charge on any atom is -0.371 e. The van der Waals surface area contributed by atoms with Gasteiger partial charge in [-0.2, -0.15) is 0 Å². The Kier molecular flexibility index (Phi) is 18.8. The van der Waals surface area contributed by atoms with Crippen LogP contribution in [0.1, 0.15) is 136 Å². The number of aldehydes is 1. The topological polar surface area (TPSA) is 199 Å². The van der Waals surface area contributed by atoms with Gasteiger partial charge >= 0.3 is 0 Å². The van der Waals surface area contributed by atoms with Crippen molar-refractivity contribution in [1.82, 2.24) is 35.4 Å². The molecular weight excluding hydrogens is 1000 g/mol. The number of hydrogen-bond acceptors (Lipinski definition) is 13. The summed E-state index contributed by atoms with van der Waals surface area (Å²) in [5, 5.41) is 9.04. The van der Waals surface area contributed by atoms with Gasteiger partial charge in [0.05, 0.1) is 32.5 Å². The zero-order valence-electron chi connectivity index (χ0n) is 44.3. The summed E-state index contributed by atoms with van der Waals surface area (Å²) in [7, 11) is 0.180. The number of carbonyl (C=O) groups excluding carboxylic acids is 5. The molecule has 5 aromatic rings. The number of nitrogens with one attached hydrogen (secondary N) is 4. The first-order valence-electron chi connectivity index (χ1n) is 26.7. The fraction of sp³-hybridized carbons (Fsp3) is 0.474. The maximum Gasteiger partial charge on any atom is 0.251 e. The molecule has 3 aromatic carbocycles. The van der Waals surface area contributed by atoms with E-state index in [-0.39, 0.29) is 34.7 Å². The molecule has 19 heteroatoms. The summed E-state index contributed by atoms with van der Waals surface area (Å²) in [6.45, 7) is 13.5. The lowest BCUT2D eigenvalue weighted by molar-refractivity contribution is -0.134. The second-order valence-corrected chi connectivity index (χ2v) is 23.4. The molecule has 9 rings (SSSR count). The third kappa shape index (κ3) is 14.1. The summed E-state index contributed by atoms with van der Waals surface area (Å²) in [6.07, 6.45) is 11.5. The Bertz CT molecular complexity index is 2870. The summed E-state index contributed by atoms with van der Waals surface area (Å²) in [5.41, 5.74) is 5.20. The molecule has 0 aliphatic carbocycles. The summed E-state index contributed by atoms with van der Waals surface area (Å²) >= 11 is 1.48. The molecule has 4 amide bonds. The minimum absolute atomic E-state index is 0.138. The highest BCUT2D eigenvalue weighted by Gasteiger charge is 2.32. The molecule has 76 heavy (non-hydrogen) atoms. The predicted octanol–water partition coefficient (Wildman–Crippen LogP) is 9.40. The van der Waals surface area contributed by atoms with Gasteiger partial charge in [-0.1, -0.05) is 45.9 Å². The molecule has 0 bridgehead atoms. The molecule has 16 nitrogen and oxygen atoms in total. The zero-order valence-corrected chi connectivity index (χ0v) is 45.9. The molecule has 1 atom stereocenters. The Balaban J connectivity index is 0.000000875. The molecule has 4 saturated heterocycles. The second kappa shape index (κ2) is 25.6. The van der Waals surface area contributed by atoms with Crippen LogP contribution in [0, 0.1) is 11.7 Å². The van der Waals surface area contributed by atoms with Gasteiger partial charge in [0.1, 0.15) is 11.0 Å². The van der Waals surface area contributed by atoms with Crippen LogP contribution in [0.4, 0.5) is 27.4 Å². The highest BCUT2D eigenvalue weighted by atomic mass is 32.2. The SMILES string of the molecule is CCCS(=O)Nc1cccc(-c2nc(C(C)(C)C)sc2-c2ccnc(Nc3ccc(C4CCN(C(=O)CC5CCN(C6CCN(c7ccc(C=O)c(C(=O)NC)c7)CC6)CC5)CC4)cc3)n2)c1F.O=C1CCCC(=O)N1. The molecule has 0 spiro atoms. The van der Waals surface area contributed by atoms with Crippen molar-refractivity contribution in [1.29, 1.82) is 0 Å². The number of halogens is 1. The van der Waals surface area contributed by atoms with E-state index < -0.39 is 16.8 Å². The van der Waals surface area contributed by atoms with E-state index in [1.165, 1.54) is 16.9 Å². The molecule has 6 heterocycles. The van der Waals surface area contributed by atoms with Crippen LogP contribution in [-0.4, -0.2) is 117 Å². The number of hydrogen-bond donors (Lipinski definition) is 4. The Morgan fingerprint density at radius 3 is 2.24 bits per heavy atom. The van der Waals surface area contributed by atoms with Crippen molar-refractivity contribution in [2.75, 3.05) is 67.0 Å². The van der Waals surface area contributed by atoms with Gasteiger partial charge in [-0.25, -0.2) is 23.6 Å². The van der Waals surface area contributed by atoms with Crippen LogP contribution >= 0.6 is 11.3 Å². The molecule has 4 aliphatic rings. The fourth-order valence-corrected chi connectivity index (χ4v) is 12.4. The molecule has 4 fully saturated rings. The van der Waals surface area contributed by atoms with Crippen LogP contribution in [0.2, 0.25) is 0 Å². The number of nitrogens with zero attached hydrogens (tertiary/aromatic N) is 6. The molecule has 404 valence electrons. The average Bonchev–Trinajstić information content (AvgIpc) is 3.89. The molecule has 2 aromatic heterocycles. The lowest BCUT2D eigenvalue weighted by Gasteiger charge is -2.42. The Morgan fingerprint density at radius 1 is 0.895 bits per heavy atom. The van der Waals surface area contributed by atoms with Gasteiger partial charge in [0.25, 0.3) is 5.91 Å². The monoisotopic (exact) mass is 1070 g/mol. The third-order valence-corrected chi connectivity index (χ3v) is 17.4. The van der Waals surface area contributed by atoms with Crippen molar-refractivity contribution in [3.63, 3.8) is 0 Å². The summed E-state index contributed by atoms with van der Waals surface area (Å²) in [5.74, 6) is 0.868. The van der Waals surface area contributed by atoms with E-state index in [4.69, 9.17) is 9.97 Å². The largest absolute Gasteiger partial charge is 0.371 e. The lowest BCUT2D eigenvalue weighted by Crippen LogP contribution is -2.48. The van der Waals surface area contributed by atoms with E-state index in [9.17, 15) is 28.2 Å². The van der Waals surface area contributed by atoms with Gasteiger partial charge < -0.3 is 30.1 Å². The van der Waals surface area contributed by atoms with Crippen LogP contribution in [-0.2, 0) is 30.8 Å². The van der Waals surface area contributed by atoms with E-state index in [2.05, 4.69) is 73.3 Å². The van der Waals surface area contributed by atoms with Gasteiger partial charge in [0, 0.05) is 98.4 Å². The van der Waals surface area contributed by atoms with Gasteiger partial charge in [0.2, 0.25) is 23.7 Å². The molecular formula is C57H71FN10O6S2. The maximum absolute atomic E-state index is 16.1. The Labute approximate surface area is 452 Å². The van der Waals surface area contributed by atoms with E-state index >= 15 is 4.39 Å². The molecule has 1 unspecified atom stereocenters. The van der Waals surface area contributed by atoms with E-state index in [0.717, 1.165) is 105 Å². The first-order valence-corrected chi connectivity index (χ1v) is 28.8. The Morgan fingerprint density at radius 2 is 1.61 bits per heavy atom. The predicted molar refractivity (Wildman–Crippen MR) is 299 cm³/mol. The molecule has 0 saturated carbocycles. The number of likely N-dealkylation sites (tertiary alicyclic amines) is 2. The van der Waals surface area contributed by atoms with Gasteiger partial charge in [-0.05, 0) is 130 Å². The molecule has 4 aliphatic heterocycles. The lowest BCUT2D eigenvalue weighted by atomic mass is 9.88. The summed E-state index contributed by atoms with van der Waals surface area (Å²) in [6, 6.07) is 21.3. The number of rotatable bonds is 15. The normalized spacial score (nSPS) is 17.6. The second-order valence-electron chi connectivity index (χ2n) is 21.1. The van der Waals surface area contributed by atoms with E-state index in [1.807, 2.05) is 37.3 Å². The van der Waals surface area contributed by atoms with Crippen LogP contribution in [0.15, 0.2) is 72.9 Å². The Hall–Kier alpha value is -6.44. The maximum atomic E-state index is 16.1. The quantitative estimate of drug-likeness (QED) is 0.0573. The van der Waals surface area contributed by atoms with Gasteiger partial charge in [-0.3, -0.25) is 29.3 Å². The van der Waals surface area contributed by atoms with Crippen LogP contribution < -0.4 is 25.6 Å². The number of thiazole rings is 1. The minimum atomic E-state index is -1.40. The number of benzene rings is 3. The highest BCUT2D eigenvalue weighted by Crippen LogP contribution is 2.42. The van der Waals surface area contributed by atoms with E-state index in [1.54, 1.807) is 37.5 Å². The van der Waals surface area contributed by atoms with Crippen LogP contribution in [0.25, 0.3) is 21.8 Å². The standard InChI is InChI=1S/C52H64FN9O4S2.C5H7NO2/c1-6-30-68(66)59-43-9-7-8-41(46(43)53)47-48(67-50(58-47)52(2,3)4)44-16-23-55-51(57-44)56-38-13-10-35(11-14-38)36-19-26-62(27-20-36)45(64)31-34-17-24-60(25-18-34)39-21-28-61(29-22-39)40-15-12-37(33-63)42(32-40)49(65)54-5;7-4-2-1-3-5(8)6-4/h7-16,23,32-34,36,39,59H,6,17-22,24-31H2,1-5H3,(H,54,65)(H,55,56,57);1-3H2,(H,6,7,8). The van der Waals surface area contributed by atoms with Gasteiger partial charge in [-0.15, -0.1) is 11.3 Å². The zero-order chi connectivity index (χ0) is 53.9. The van der Waals surface area contributed by atoms with Gasteiger partial charge in [0.15, 0.2) is 12.1 Å². The number of carbonyl (C=O) groups is 5. The highest BCUT2D eigenvalue weighted by molar-refractivity contribution is 7.86. The van der Waals surface area contributed by atoms with Crippen molar-refractivity contribution in [3.8, 4) is 21.8 Å². The first kappa shape index (κ1) is 55.8. The number of amides is 4. The van der Waals surface area contributed by atoms with Crippen molar-refractivity contribution < 1.29 is 32.6 Å².